The van der Waals surface area contributed by atoms with Crippen LogP contribution in [0.4, 0.5) is 11.4 Å². The van der Waals surface area contributed by atoms with E-state index >= 15 is 0 Å². The van der Waals surface area contributed by atoms with Crippen LogP contribution in [0, 0.1) is 10.1 Å². The molecule has 0 aliphatic carbocycles. The highest BCUT2D eigenvalue weighted by atomic mass is 35.5. The Hall–Kier alpha value is -2.69. The van der Waals surface area contributed by atoms with Gasteiger partial charge in [0.15, 0.2) is 0 Å². The molecule has 0 radical (unpaired) electrons. The van der Waals surface area contributed by atoms with Crippen molar-refractivity contribution >= 4 is 38.9 Å². The van der Waals surface area contributed by atoms with Gasteiger partial charge in [-0.25, -0.2) is 8.42 Å². The van der Waals surface area contributed by atoms with Gasteiger partial charge in [0, 0.05) is 45.3 Å². The summed E-state index contributed by atoms with van der Waals surface area (Å²) < 4.78 is 26.8. The summed E-state index contributed by atoms with van der Waals surface area (Å²) in [7, 11) is -3.81. The number of rotatable bonds is 7. The fourth-order valence-electron chi connectivity index (χ4n) is 3.75. The van der Waals surface area contributed by atoms with E-state index in [1.165, 1.54) is 16.4 Å². The van der Waals surface area contributed by atoms with Crippen LogP contribution in [-0.2, 0) is 10.0 Å². The van der Waals surface area contributed by atoms with E-state index in [1.807, 2.05) is 0 Å². The Bertz CT molecular complexity index is 1110. The summed E-state index contributed by atoms with van der Waals surface area (Å²) in [6, 6.07) is 10.8. The van der Waals surface area contributed by atoms with Crippen LogP contribution in [0.3, 0.4) is 0 Å². The second-order valence-corrected chi connectivity index (χ2v) is 9.60. The van der Waals surface area contributed by atoms with Gasteiger partial charge < -0.3 is 9.80 Å². The SMILES string of the molecule is CCN(CC)S(=O)(=O)c1ccc(N2CCN(C(=O)c3ccccc3Cl)CC2)c([N+](=O)[O-])c1. The normalized spacial score (nSPS) is 14.6. The molecule has 2 aromatic rings. The molecule has 0 unspecified atom stereocenters. The number of hydrogen-bond donors (Lipinski definition) is 0. The van der Waals surface area contributed by atoms with Crippen molar-refractivity contribution in [3.05, 3.63) is 63.2 Å². The predicted octanol–water partition coefficient (Wildman–Crippen LogP) is 3.24. The Morgan fingerprint density at radius 1 is 1.09 bits per heavy atom. The standard InChI is InChI=1S/C21H25ClN4O5S/c1-3-25(4-2)32(30,31)16-9-10-19(20(15-16)26(28)29)23-11-13-24(14-12-23)21(27)17-7-5-6-8-18(17)22/h5-10,15H,3-4,11-14H2,1-2H3. The van der Waals surface area contributed by atoms with Gasteiger partial charge in [-0.05, 0) is 24.3 Å². The molecule has 0 aromatic heterocycles. The molecule has 1 fully saturated rings. The number of piperazine rings is 1. The van der Waals surface area contributed by atoms with Gasteiger partial charge in [0.05, 0.1) is 20.4 Å². The first-order valence-corrected chi connectivity index (χ1v) is 12.1. The highest BCUT2D eigenvalue weighted by Gasteiger charge is 2.30. The zero-order chi connectivity index (χ0) is 23.5. The molecule has 0 bridgehead atoms. The molecule has 11 heteroatoms. The van der Waals surface area contributed by atoms with Crippen molar-refractivity contribution in [2.75, 3.05) is 44.2 Å². The zero-order valence-electron chi connectivity index (χ0n) is 17.9. The van der Waals surface area contributed by atoms with Crippen molar-refractivity contribution < 1.29 is 18.1 Å². The number of hydrogen-bond acceptors (Lipinski definition) is 6. The van der Waals surface area contributed by atoms with E-state index in [-0.39, 0.29) is 29.6 Å². The molecular weight excluding hydrogens is 456 g/mol. The van der Waals surface area contributed by atoms with E-state index in [2.05, 4.69) is 0 Å². The number of carbonyl (C=O) groups is 1. The van der Waals surface area contributed by atoms with E-state index in [1.54, 1.807) is 47.9 Å². The van der Waals surface area contributed by atoms with Crippen LogP contribution in [-0.4, -0.2) is 67.7 Å². The van der Waals surface area contributed by atoms with Crippen LogP contribution in [0.2, 0.25) is 5.02 Å². The fourth-order valence-corrected chi connectivity index (χ4v) is 5.44. The van der Waals surface area contributed by atoms with Crippen LogP contribution in [0.5, 0.6) is 0 Å². The smallest absolute Gasteiger partial charge is 0.293 e. The Kier molecular flexibility index (Phi) is 7.37. The van der Waals surface area contributed by atoms with Crippen LogP contribution >= 0.6 is 11.6 Å². The Morgan fingerprint density at radius 3 is 2.28 bits per heavy atom. The van der Waals surface area contributed by atoms with Crippen molar-refractivity contribution in [1.29, 1.82) is 0 Å². The number of nitro benzene ring substituents is 1. The molecule has 1 amide bonds. The average molecular weight is 481 g/mol. The molecule has 3 rings (SSSR count). The van der Waals surface area contributed by atoms with Crippen molar-refractivity contribution in [3.63, 3.8) is 0 Å². The van der Waals surface area contributed by atoms with E-state index in [9.17, 15) is 23.3 Å². The fraction of sp³-hybridized carbons (Fsp3) is 0.381. The lowest BCUT2D eigenvalue weighted by Crippen LogP contribution is -2.49. The first-order chi connectivity index (χ1) is 15.2. The predicted molar refractivity (Wildman–Crippen MR) is 123 cm³/mol. The first kappa shape index (κ1) is 24.0. The minimum Gasteiger partial charge on any atom is -0.362 e. The third-order valence-corrected chi connectivity index (χ3v) is 7.87. The van der Waals surface area contributed by atoms with Crippen LogP contribution < -0.4 is 4.90 Å². The second kappa shape index (κ2) is 9.85. The van der Waals surface area contributed by atoms with Crippen LogP contribution in [0.1, 0.15) is 24.2 Å². The molecular formula is C21H25ClN4O5S. The van der Waals surface area contributed by atoms with E-state index < -0.39 is 14.9 Å². The maximum absolute atomic E-state index is 12.8. The number of carbonyl (C=O) groups excluding carboxylic acids is 1. The van der Waals surface area contributed by atoms with Crippen LogP contribution in [0.25, 0.3) is 0 Å². The molecule has 1 saturated heterocycles. The van der Waals surface area contributed by atoms with Crippen molar-refractivity contribution in [2.24, 2.45) is 0 Å². The minimum absolute atomic E-state index is 0.107. The van der Waals surface area contributed by atoms with Gasteiger partial charge >= 0.3 is 0 Å². The largest absolute Gasteiger partial charge is 0.362 e. The number of anilines is 1. The van der Waals surface area contributed by atoms with E-state index in [4.69, 9.17) is 11.6 Å². The molecule has 0 N–H and O–H groups in total. The lowest BCUT2D eigenvalue weighted by Gasteiger charge is -2.36. The van der Waals surface area contributed by atoms with Crippen molar-refractivity contribution in [3.8, 4) is 0 Å². The molecule has 32 heavy (non-hydrogen) atoms. The Balaban J connectivity index is 1.81. The Morgan fingerprint density at radius 2 is 1.72 bits per heavy atom. The quantitative estimate of drug-likeness (QED) is 0.445. The average Bonchev–Trinajstić information content (AvgIpc) is 2.79. The maximum Gasteiger partial charge on any atom is 0.293 e. The summed E-state index contributed by atoms with van der Waals surface area (Å²) in [4.78, 5) is 27.3. The lowest BCUT2D eigenvalue weighted by atomic mass is 10.1. The maximum atomic E-state index is 12.8. The van der Waals surface area contributed by atoms with E-state index in [0.717, 1.165) is 6.07 Å². The van der Waals surface area contributed by atoms with Crippen molar-refractivity contribution in [2.45, 2.75) is 18.7 Å². The number of sulfonamides is 1. The van der Waals surface area contributed by atoms with Gasteiger partial charge in [0.2, 0.25) is 10.0 Å². The van der Waals surface area contributed by atoms with Gasteiger partial charge in [0.25, 0.3) is 11.6 Å². The Labute approximate surface area is 192 Å². The molecule has 0 saturated carbocycles. The minimum atomic E-state index is -3.81. The summed E-state index contributed by atoms with van der Waals surface area (Å²) >= 11 is 6.13. The molecule has 1 heterocycles. The third kappa shape index (κ3) is 4.72. The van der Waals surface area contributed by atoms with Crippen LogP contribution in [0.15, 0.2) is 47.4 Å². The number of benzene rings is 2. The topological polar surface area (TPSA) is 104 Å². The summed E-state index contributed by atoms with van der Waals surface area (Å²) in [5.74, 6) is -0.189. The molecule has 0 spiro atoms. The number of nitrogens with zero attached hydrogens (tertiary/aromatic N) is 4. The monoisotopic (exact) mass is 480 g/mol. The molecule has 1 aliphatic rings. The molecule has 9 nitrogen and oxygen atoms in total. The van der Waals surface area contributed by atoms with Gasteiger partial charge in [0.1, 0.15) is 5.69 Å². The van der Waals surface area contributed by atoms with E-state index in [0.29, 0.717) is 42.5 Å². The molecule has 172 valence electrons. The summed E-state index contributed by atoms with van der Waals surface area (Å²) in [5, 5.41) is 12.1. The highest BCUT2D eigenvalue weighted by molar-refractivity contribution is 7.89. The van der Waals surface area contributed by atoms with Gasteiger partial charge in [-0.2, -0.15) is 4.31 Å². The number of amides is 1. The second-order valence-electron chi connectivity index (χ2n) is 7.26. The summed E-state index contributed by atoms with van der Waals surface area (Å²) in [5.41, 5.74) is 0.474. The van der Waals surface area contributed by atoms with Crippen molar-refractivity contribution in [1.82, 2.24) is 9.21 Å². The summed E-state index contributed by atoms with van der Waals surface area (Å²) in [6.45, 7) is 5.45. The highest BCUT2D eigenvalue weighted by Crippen LogP contribution is 2.32. The third-order valence-electron chi connectivity index (χ3n) is 5.50. The number of nitro groups is 1. The molecule has 2 aromatic carbocycles. The molecule has 0 atom stereocenters. The van der Waals surface area contributed by atoms with Gasteiger partial charge in [-0.1, -0.05) is 37.6 Å². The molecule has 1 aliphatic heterocycles. The number of halogens is 1. The lowest BCUT2D eigenvalue weighted by molar-refractivity contribution is -0.384. The van der Waals surface area contributed by atoms with Gasteiger partial charge in [-0.3, -0.25) is 14.9 Å². The zero-order valence-corrected chi connectivity index (χ0v) is 19.5. The first-order valence-electron chi connectivity index (χ1n) is 10.3. The van der Waals surface area contributed by atoms with Gasteiger partial charge in [-0.15, -0.1) is 0 Å². The summed E-state index contributed by atoms with van der Waals surface area (Å²) in [6.07, 6.45) is 0.